The summed E-state index contributed by atoms with van der Waals surface area (Å²) in [5.41, 5.74) is 0. The molecule has 2 aliphatic heterocycles. The van der Waals surface area contributed by atoms with Gasteiger partial charge in [0, 0.05) is 13.2 Å². The molecule has 0 radical (unpaired) electrons. The average Bonchev–Trinajstić information content (AvgIpc) is 2.30. The van der Waals surface area contributed by atoms with E-state index in [0.29, 0.717) is 12.2 Å². The van der Waals surface area contributed by atoms with Crippen molar-refractivity contribution in [2.45, 2.75) is 64.6 Å². The third kappa shape index (κ3) is 3.74. The maximum Gasteiger partial charge on any atom is 0.0547 e. The van der Waals surface area contributed by atoms with Gasteiger partial charge >= 0.3 is 0 Å². The lowest BCUT2D eigenvalue weighted by atomic mass is 9.88. The van der Waals surface area contributed by atoms with Crippen LogP contribution in [0.15, 0.2) is 0 Å². The Morgan fingerprint density at radius 1 is 0.750 bits per heavy atom. The molecule has 4 atom stereocenters. The average molecular weight is 226 g/mol. The van der Waals surface area contributed by atoms with Crippen LogP contribution in [0.1, 0.15) is 52.4 Å². The van der Waals surface area contributed by atoms with Crippen molar-refractivity contribution in [2.24, 2.45) is 11.8 Å². The predicted molar refractivity (Wildman–Crippen MR) is 65.5 cm³/mol. The molecular weight excluding hydrogens is 200 g/mol. The lowest BCUT2D eigenvalue weighted by Crippen LogP contribution is -2.26. The van der Waals surface area contributed by atoms with Gasteiger partial charge in [-0.3, -0.25) is 0 Å². The number of hydrogen-bond acceptors (Lipinski definition) is 2. The number of hydrogen-bond donors (Lipinski definition) is 0. The van der Waals surface area contributed by atoms with Crippen LogP contribution in [0, 0.1) is 11.8 Å². The molecule has 0 bridgehead atoms. The van der Waals surface area contributed by atoms with Gasteiger partial charge in [-0.1, -0.05) is 0 Å². The fourth-order valence-corrected chi connectivity index (χ4v) is 2.80. The highest BCUT2D eigenvalue weighted by atomic mass is 16.5. The second kappa shape index (κ2) is 6.02. The summed E-state index contributed by atoms with van der Waals surface area (Å²) in [6.07, 6.45) is 8.91. The van der Waals surface area contributed by atoms with Gasteiger partial charge in [-0.05, 0) is 64.2 Å². The van der Waals surface area contributed by atoms with Gasteiger partial charge < -0.3 is 9.47 Å². The van der Waals surface area contributed by atoms with Gasteiger partial charge in [0.2, 0.25) is 0 Å². The summed E-state index contributed by atoms with van der Waals surface area (Å²) in [6, 6.07) is 0. The maximum absolute atomic E-state index is 5.72. The molecule has 0 saturated carbocycles. The minimum Gasteiger partial charge on any atom is -0.378 e. The van der Waals surface area contributed by atoms with Crippen LogP contribution in [-0.4, -0.2) is 25.4 Å². The zero-order valence-electron chi connectivity index (χ0n) is 10.8. The van der Waals surface area contributed by atoms with Crippen LogP contribution in [0.3, 0.4) is 0 Å². The molecule has 2 aliphatic rings. The normalized spacial score (nSPS) is 40.9. The van der Waals surface area contributed by atoms with Crippen LogP contribution >= 0.6 is 0 Å². The SMILES string of the molecule is CC1CCC(CCC2CCC(C)OC2)CO1. The topological polar surface area (TPSA) is 18.5 Å². The second-order valence-electron chi connectivity index (χ2n) is 5.75. The molecule has 94 valence electrons. The summed E-state index contributed by atoms with van der Waals surface area (Å²) >= 11 is 0. The Kier molecular flexibility index (Phi) is 4.66. The molecule has 2 rings (SSSR count). The molecule has 0 aromatic carbocycles. The zero-order chi connectivity index (χ0) is 11.4. The highest BCUT2D eigenvalue weighted by molar-refractivity contribution is 4.72. The summed E-state index contributed by atoms with van der Waals surface area (Å²) in [7, 11) is 0. The second-order valence-corrected chi connectivity index (χ2v) is 5.75. The summed E-state index contributed by atoms with van der Waals surface area (Å²) in [6.45, 7) is 6.36. The molecule has 2 heteroatoms. The molecule has 2 nitrogen and oxygen atoms in total. The predicted octanol–water partition coefficient (Wildman–Crippen LogP) is 3.40. The first-order valence-electron chi connectivity index (χ1n) is 6.97. The van der Waals surface area contributed by atoms with Gasteiger partial charge in [-0.15, -0.1) is 0 Å². The Labute approximate surface area is 99.7 Å². The quantitative estimate of drug-likeness (QED) is 0.734. The van der Waals surface area contributed by atoms with E-state index in [1.54, 1.807) is 0 Å². The third-order valence-electron chi connectivity index (χ3n) is 4.18. The molecule has 0 aromatic heterocycles. The highest BCUT2D eigenvalue weighted by Crippen LogP contribution is 2.28. The Morgan fingerprint density at radius 2 is 1.19 bits per heavy atom. The lowest BCUT2D eigenvalue weighted by Gasteiger charge is -2.30. The molecule has 2 saturated heterocycles. The Hall–Kier alpha value is -0.0800. The van der Waals surface area contributed by atoms with Crippen LogP contribution < -0.4 is 0 Å². The Bertz CT molecular complexity index is 167. The van der Waals surface area contributed by atoms with Gasteiger partial charge in [0.25, 0.3) is 0 Å². The van der Waals surface area contributed by atoms with Gasteiger partial charge in [0.05, 0.1) is 12.2 Å². The molecule has 2 fully saturated rings. The van der Waals surface area contributed by atoms with E-state index in [9.17, 15) is 0 Å². The fourth-order valence-electron chi connectivity index (χ4n) is 2.80. The van der Waals surface area contributed by atoms with Crippen molar-refractivity contribution in [3.05, 3.63) is 0 Å². The van der Waals surface area contributed by atoms with Crippen molar-refractivity contribution in [3.8, 4) is 0 Å². The van der Waals surface area contributed by atoms with Gasteiger partial charge in [0.1, 0.15) is 0 Å². The molecule has 16 heavy (non-hydrogen) atoms. The van der Waals surface area contributed by atoms with Gasteiger partial charge in [-0.2, -0.15) is 0 Å². The van der Waals surface area contributed by atoms with Crippen LogP contribution in [-0.2, 0) is 9.47 Å². The third-order valence-corrected chi connectivity index (χ3v) is 4.18. The monoisotopic (exact) mass is 226 g/mol. The smallest absolute Gasteiger partial charge is 0.0547 e. The first-order valence-corrected chi connectivity index (χ1v) is 6.97. The Balaban J connectivity index is 1.60. The zero-order valence-corrected chi connectivity index (χ0v) is 10.8. The summed E-state index contributed by atoms with van der Waals surface area (Å²) < 4.78 is 11.4. The van der Waals surface area contributed by atoms with E-state index in [4.69, 9.17) is 9.47 Å². The van der Waals surface area contributed by atoms with Crippen LogP contribution in [0.2, 0.25) is 0 Å². The first-order chi connectivity index (χ1) is 7.74. The van der Waals surface area contributed by atoms with Crippen molar-refractivity contribution in [1.82, 2.24) is 0 Å². The van der Waals surface area contributed by atoms with Crippen molar-refractivity contribution < 1.29 is 9.47 Å². The standard InChI is InChI=1S/C14H26O2/c1-11-3-5-13(9-15-11)7-8-14-6-4-12(2)16-10-14/h11-14H,3-10H2,1-2H3. The van der Waals surface area contributed by atoms with E-state index in [1.165, 1.54) is 38.5 Å². The minimum atomic E-state index is 0.495. The largest absolute Gasteiger partial charge is 0.378 e. The molecular formula is C14H26O2. The molecule has 2 heterocycles. The maximum atomic E-state index is 5.72. The van der Waals surface area contributed by atoms with E-state index >= 15 is 0 Å². The van der Waals surface area contributed by atoms with Gasteiger partial charge in [0.15, 0.2) is 0 Å². The number of ether oxygens (including phenoxy) is 2. The van der Waals surface area contributed by atoms with E-state index in [-0.39, 0.29) is 0 Å². The lowest BCUT2D eigenvalue weighted by molar-refractivity contribution is -0.0232. The van der Waals surface area contributed by atoms with Crippen LogP contribution in [0.25, 0.3) is 0 Å². The summed E-state index contributed by atoms with van der Waals surface area (Å²) in [4.78, 5) is 0. The molecule has 0 amide bonds. The minimum absolute atomic E-state index is 0.495. The van der Waals surface area contributed by atoms with Crippen molar-refractivity contribution in [3.63, 3.8) is 0 Å². The molecule has 0 aliphatic carbocycles. The fraction of sp³-hybridized carbons (Fsp3) is 1.00. The molecule has 0 spiro atoms. The molecule has 4 unspecified atom stereocenters. The van der Waals surface area contributed by atoms with Crippen LogP contribution in [0.4, 0.5) is 0 Å². The first kappa shape index (κ1) is 12.4. The van der Waals surface area contributed by atoms with E-state index in [0.717, 1.165) is 25.0 Å². The summed E-state index contributed by atoms with van der Waals surface area (Å²) in [5, 5.41) is 0. The van der Waals surface area contributed by atoms with E-state index in [2.05, 4.69) is 13.8 Å². The molecule has 0 aromatic rings. The van der Waals surface area contributed by atoms with Gasteiger partial charge in [-0.25, -0.2) is 0 Å². The van der Waals surface area contributed by atoms with Crippen molar-refractivity contribution in [2.75, 3.05) is 13.2 Å². The number of rotatable bonds is 3. The van der Waals surface area contributed by atoms with Crippen molar-refractivity contribution >= 4 is 0 Å². The molecule has 0 N–H and O–H groups in total. The summed E-state index contributed by atoms with van der Waals surface area (Å²) in [5.74, 6) is 1.63. The van der Waals surface area contributed by atoms with E-state index < -0.39 is 0 Å². The Morgan fingerprint density at radius 3 is 1.50 bits per heavy atom. The van der Waals surface area contributed by atoms with Crippen LogP contribution in [0.5, 0.6) is 0 Å². The van der Waals surface area contributed by atoms with E-state index in [1.807, 2.05) is 0 Å². The van der Waals surface area contributed by atoms with Crippen molar-refractivity contribution in [1.29, 1.82) is 0 Å². The highest BCUT2D eigenvalue weighted by Gasteiger charge is 2.22.